The molecule has 42 heavy (non-hydrogen) atoms. The Hall–Kier alpha value is -0.930. The molecule has 0 amide bonds. The lowest BCUT2D eigenvalue weighted by Crippen LogP contribution is -2.59. The lowest BCUT2D eigenvalue weighted by atomic mass is 9.99. The van der Waals surface area contributed by atoms with E-state index in [1.807, 2.05) is 0 Å². The summed E-state index contributed by atoms with van der Waals surface area (Å²) in [6.07, 6.45) is 5.77. The number of rotatable bonds is 22. The molecule has 2 aliphatic rings. The average molecular weight is 609 g/mol. The topological polar surface area (TPSA) is 196 Å². The standard InChI is InChI=1S/C30H56O12/c1-2-3-4-5-6-7-8-9-10-11-12-13-14-15-16-17-23(33)42-30(20-32)28(38)25(35)22(41-30)19-39-29-27(37)26(36)24(34)21(18-31)40-29/h21-22,24-29,31-32,34-38H,2-20H2,1H3/t21-,22?,24-,25-,26+,27-,28+,29+,30+/m1/s1. The summed E-state index contributed by atoms with van der Waals surface area (Å²) in [7, 11) is 0. The maximum atomic E-state index is 12.5. The summed E-state index contributed by atoms with van der Waals surface area (Å²) in [6, 6.07) is 0. The smallest absolute Gasteiger partial charge is 0.308 e. The maximum absolute atomic E-state index is 12.5. The van der Waals surface area contributed by atoms with Crippen molar-refractivity contribution in [3.63, 3.8) is 0 Å². The van der Waals surface area contributed by atoms with Crippen LogP contribution in [0.2, 0.25) is 0 Å². The monoisotopic (exact) mass is 608 g/mol. The van der Waals surface area contributed by atoms with Gasteiger partial charge in [0.15, 0.2) is 12.4 Å². The summed E-state index contributed by atoms with van der Waals surface area (Å²) < 4.78 is 21.5. The Morgan fingerprint density at radius 2 is 1.21 bits per heavy atom. The van der Waals surface area contributed by atoms with Gasteiger partial charge in [-0.05, 0) is 6.42 Å². The van der Waals surface area contributed by atoms with Gasteiger partial charge in [-0.1, -0.05) is 96.8 Å². The van der Waals surface area contributed by atoms with Crippen molar-refractivity contribution in [1.29, 1.82) is 0 Å². The molecule has 0 aromatic heterocycles. The number of unbranched alkanes of at least 4 members (excludes halogenated alkanes) is 14. The minimum atomic E-state index is -2.19. The Morgan fingerprint density at radius 3 is 1.71 bits per heavy atom. The number of hydrogen-bond donors (Lipinski definition) is 7. The number of ether oxygens (including phenoxy) is 4. The van der Waals surface area contributed by atoms with Crippen LogP contribution in [0.5, 0.6) is 0 Å². The zero-order valence-corrected chi connectivity index (χ0v) is 25.2. The highest BCUT2D eigenvalue weighted by Gasteiger charge is 2.57. The lowest BCUT2D eigenvalue weighted by Gasteiger charge is -2.39. The molecule has 0 saturated carbocycles. The molecule has 2 saturated heterocycles. The minimum Gasteiger partial charge on any atom is -0.427 e. The third-order valence-corrected chi connectivity index (χ3v) is 8.27. The summed E-state index contributed by atoms with van der Waals surface area (Å²) in [5.41, 5.74) is 0. The van der Waals surface area contributed by atoms with Crippen molar-refractivity contribution in [2.45, 2.75) is 164 Å². The molecule has 2 heterocycles. The van der Waals surface area contributed by atoms with E-state index in [2.05, 4.69) is 6.92 Å². The van der Waals surface area contributed by atoms with E-state index in [0.717, 1.165) is 19.3 Å². The van der Waals surface area contributed by atoms with Crippen LogP contribution in [0, 0.1) is 0 Å². The van der Waals surface area contributed by atoms with Crippen molar-refractivity contribution in [3.8, 4) is 0 Å². The first-order valence-electron chi connectivity index (χ1n) is 16.0. The SMILES string of the molecule is CCCCCCCCCCCCCCCCCC(=O)O[C@]1(CO)OC(CO[C@H]2O[C@H](CO)[C@@H](O)[C@H](O)[C@H]2O)[C@@H](O)[C@@H]1O. The van der Waals surface area contributed by atoms with E-state index in [4.69, 9.17) is 18.9 Å². The molecule has 2 aliphatic heterocycles. The molecule has 2 fully saturated rings. The van der Waals surface area contributed by atoms with E-state index >= 15 is 0 Å². The van der Waals surface area contributed by atoms with Crippen LogP contribution in [0.4, 0.5) is 0 Å². The molecular formula is C30H56O12. The summed E-state index contributed by atoms with van der Waals surface area (Å²) in [5, 5.41) is 70.1. The van der Waals surface area contributed by atoms with Crippen LogP contribution >= 0.6 is 0 Å². The van der Waals surface area contributed by atoms with Crippen LogP contribution in [0.15, 0.2) is 0 Å². The Labute approximate surface area is 249 Å². The third kappa shape index (κ3) is 11.5. The molecule has 0 bridgehead atoms. The van der Waals surface area contributed by atoms with Gasteiger partial charge >= 0.3 is 5.97 Å². The minimum absolute atomic E-state index is 0.0677. The Bertz CT molecular complexity index is 724. The number of esters is 1. The van der Waals surface area contributed by atoms with Gasteiger partial charge < -0.3 is 54.7 Å². The summed E-state index contributed by atoms with van der Waals surface area (Å²) in [5.74, 6) is -2.87. The molecule has 0 aromatic carbocycles. The van der Waals surface area contributed by atoms with E-state index in [0.29, 0.717) is 6.42 Å². The highest BCUT2D eigenvalue weighted by molar-refractivity contribution is 5.69. The van der Waals surface area contributed by atoms with E-state index in [1.165, 1.54) is 70.6 Å². The van der Waals surface area contributed by atoms with Crippen molar-refractivity contribution in [3.05, 3.63) is 0 Å². The van der Waals surface area contributed by atoms with Gasteiger partial charge in [0.25, 0.3) is 5.79 Å². The van der Waals surface area contributed by atoms with Gasteiger partial charge in [-0.2, -0.15) is 0 Å². The molecule has 0 aliphatic carbocycles. The fourth-order valence-corrected chi connectivity index (χ4v) is 5.52. The Balaban J connectivity index is 1.62. The van der Waals surface area contributed by atoms with Crippen molar-refractivity contribution in [1.82, 2.24) is 0 Å². The normalized spacial score (nSPS) is 33.2. The number of carbonyl (C=O) groups is 1. The summed E-state index contributed by atoms with van der Waals surface area (Å²) in [4.78, 5) is 12.5. The fraction of sp³-hybridized carbons (Fsp3) is 0.967. The molecule has 0 radical (unpaired) electrons. The van der Waals surface area contributed by atoms with E-state index in [9.17, 15) is 40.5 Å². The predicted molar refractivity (Wildman–Crippen MR) is 152 cm³/mol. The predicted octanol–water partition coefficient (Wildman–Crippen LogP) is 1.42. The number of hydrogen-bond acceptors (Lipinski definition) is 12. The van der Waals surface area contributed by atoms with Crippen LogP contribution in [0.3, 0.4) is 0 Å². The van der Waals surface area contributed by atoms with Gasteiger partial charge in [0.1, 0.15) is 43.2 Å². The second kappa shape index (κ2) is 20.2. The molecule has 248 valence electrons. The zero-order chi connectivity index (χ0) is 31.0. The fourth-order valence-electron chi connectivity index (χ4n) is 5.52. The quantitative estimate of drug-likeness (QED) is 0.0691. The number of carbonyl (C=O) groups excluding carboxylic acids is 1. The maximum Gasteiger partial charge on any atom is 0.308 e. The zero-order valence-electron chi connectivity index (χ0n) is 25.2. The molecule has 9 atom stereocenters. The van der Waals surface area contributed by atoms with Gasteiger partial charge in [-0.3, -0.25) is 4.79 Å². The first-order chi connectivity index (χ1) is 20.2. The number of aliphatic hydroxyl groups excluding tert-OH is 7. The molecule has 2 rings (SSSR count). The number of aliphatic hydroxyl groups is 7. The lowest BCUT2D eigenvalue weighted by molar-refractivity contribution is -0.311. The molecule has 12 nitrogen and oxygen atoms in total. The first-order valence-corrected chi connectivity index (χ1v) is 16.0. The van der Waals surface area contributed by atoms with E-state index in [-0.39, 0.29) is 6.42 Å². The highest BCUT2D eigenvalue weighted by atomic mass is 16.8. The largest absolute Gasteiger partial charge is 0.427 e. The highest BCUT2D eigenvalue weighted by Crippen LogP contribution is 2.34. The van der Waals surface area contributed by atoms with Gasteiger partial charge in [0.2, 0.25) is 0 Å². The first kappa shape index (κ1) is 37.3. The molecule has 7 N–H and O–H groups in total. The van der Waals surface area contributed by atoms with Crippen LogP contribution in [-0.2, 0) is 23.7 Å². The summed E-state index contributed by atoms with van der Waals surface area (Å²) in [6.45, 7) is 0.197. The second-order valence-corrected chi connectivity index (χ2v) is 11.8. The molecular weight excluding hydrogens is 552 g/mol. The van der Waals surface area contributed by atoms with Crippen LogP contribution in [0.1, 0.15) is 110 Å². The molecule has 0 aromatic rings. The molecule has 0 spiro atoms. The van der Waals surface area contributed by atoms with Crippen molar-refractivity contribution < 1.29 is 59.5 Å². The molecule has 1 unspecified atom stereocenters. The van der Waals surface area contributed by atoms with E-state index in [1.54, 1.807) is 0 Å². The Kier molecular flexibility index (Phi) is 17.9. The van der Waals surface area contributed by atoms with Crippen molar-refractivity contribution in [2.75, 3.05) is 19.8 Å². The van der Waals surface area contributed by atoms with Crippen molar-refractivity contribution >= 4 is 5.97 Å². The summed E-state index contributed by atoms with van der Waals surface area (Å²) >= 11 is 0. The second-order valence-electron chi connectivity index (χ2n) is 11.8. The molecule has 12 heteroatoms. The van der Waals surface area contributed by atoms with Gasteiger partial charge in [-0.25, -0.2) is 0 Å². The Morgan fingerprint density at radius 1 is 0.690 bits per heavy atom. The van der Waals surface area contributed by atoms with Gasteiger partial charge in [0, 0.05) is 6.42 Å². The van der Waals surface area contributed by atoms with Crippen LogP contribution < -0.4 is 0 Å². The van der Waals surface area contributed by atoms with Crippen LogP contribution in [0.25, 0.3) is 0 Å². The third-order valence-electron chi connectivity index (χ3n) is 8.27. The van der Waals surface area contributed by atoms with Gasteiger partial charge in [0.05, 0.1) is 13.2 Å². The average Bonchev–Trinajstić information content (AvgIpc) is 3.22. The van der Waals surface area contributed by atoms with Gasteiger partial charge in [-0.15, -0.1) is 0 Å². The van der Waals surface area contributed by atoms with E-state index < -0.39 is 80.6 Å². The van der Waals surface area contributed by atoms with Crippen molar-refractivity contribution in [2.24, 2.45) is 0 Å². The van der Waals surface area contributed by atoms with Crippen LogP contribution in [-0.4, -0.2) is 116 Å².